The van der Waals surface area contributed by atoms with E-state index in [-0.39, 0.29) is 6.04 Å². The summed E-state index contributed by atoms with van der Waals surface area (Å²) in [6.45, 7) is 3.78. The van der Waals surface area contributed by atoms with Crippen molar-refractivity contribution in [3.05, 3.63) is 11.7 Å². The fourth-order valence-corrected chi connectivity index (χ4v) is 2.00. The fraction of sp³-hybridized carbons (Fsp3) is 0.818. The molecular formula is C11H19N3O2. The monoisotopic (exact) mass is 225 g/mol. The Kier molecular flexibility index (Phi) is 3.90. The molecule has 0 saturated carbocycles. The van der Waals surface area contributed by atoms with Crippen LogP contribution >= 0.6 is 0 Å². The van der Waals surface area contributed by atoms with Gasteiger partial charge in [0.1, 0.15) is 0 Å². The summed E-state index contributed by atoms with van der Waals surface area (Å²) in [5, 5.41) is 7.17. The molecule has 1 aliphatic heterocycles. The van der Waals surface area contributed by atoms with Gasteiger partial charge in [0.15, 0.2) is 5.82 Å². The molecule has 1 aromatic heterocycles. The van der Waals surface area contributed by atoms with Gasteiger partial charge in [-0.1, -0.05) is 12.1 Å². The summed E-state index contributed by atoms with van der Waals surface area (Å²) in [7, 11) is 1.91. The number of aromatic nitrogens is 2. The molecule has 2 atom stereocenters. The highest BCUT2D eigenvalue weighted by Gasteiger charge is 2.20. The van der Waals surface area contributed by atoms with E-state index >= 15 is 0 Å². The van der Waals surface area contributed by atoms with E-state index in [1.54, 1.807) is 0 Å². The van der Waals surface area contributed by atoms with Gasteiger partial charge in [-0.2, -0.15) is 4.98 Å². The third-order valence-corrected chi connectivity index (χ3v) is 3.03. The van der Waals surface area contributed by atoms with E-state index in [2.05, 4.69) is 22.4 Å². The van der Waals surface area contributed by atoms with Crippen LogP contribution in [0.3, 0.4) is 0 Å². The molecule has 0 aliphatic carbocycles. The summed E-state index contributed by atoms with van der Waals surface area (Å²) < 4.78 is 10.6. The molecular weight excluding hydrogens is 206 g/mol. The summed E-state index contributed by atoms with van der Waals surface area (Å²) in [5.41, 5.74) is 0. The van der Waals surface area contributed by atoms with Crippen molar-refractivity contribution < 1.29 is 9.26 Å². The number of nitrogens with one attached hydrogen (secondary N) is 1. The van der Waals surface area contributed by atoms with Gasteiger partial charge in [-0.15, -0.1) is 0 Å². The molecule has 0 radical (unpaired) electrons. The lowest BCUT2D eigenvalue weighted by molar-refractivity contribution is 0.185. The lowest BCUT2D eigenvalue weighted by atomic mass is 10.1. The molecule has 0 spiro atoms. The van der Waals surface area contributed by atoms with E-state index in [1.165, 1.54) is 0 Å². The van der Waals surface area contributed by atoms with Crippen molar-refractivity contribution in [3.63, 3.8) is 0 Å². The smallest absolute Gasteiger partial charge is 0.243 e. The van der Waals surface area contributed by atoms with E-state index in [4.69, 9.17) is 9.26 Å². The summed E-state index contributed by atoms with van der Waals surface area (Å²) in [6.07, 6.45) is 2.92. The maximum absolute atomic E-state index is 5.33. The van der Waals surface area contributed by atoms with Crippen LogP contribution in [-0.4, -0.2) is 30.4 Å². The van der Waals surface area contributed by atoms with Crippen LogP contribution in [0.15, 0.2) is 4.52 Å². The van der Waals surface area contributed by atoms with Crippen molar-refractivity contribution in [2.75, 3.05) is 20.3 Å². The van der Waals surface area contributed by atoms with Gasteiger partial charge < -0.3 is 14.6 Å². The molecule has 5 nitrogen and oxygen atoms in total. The number of nitrogens with zero attached hydrogens (tertiary/aromatic N) is 2. The standard InChI is InChI=1S/C11H19N3O2/c1-3-9(12-2)11-13-10(14-16-11)6-8-4-5-15-7-8/h8-9,12H,3-7H2,1-2H3. The van der Waals surface area contributed by atoms with E-state index in [0.717, 1.165) is 38.3 Å². The zero-order valence-electron chi connectivity index (χ0n) is 9.90. The zero-order chi connectivity index (χ0) is 11.4. The van der Waals surface area contributed by atoms with Gasteiger partial charge in [-0.25, -0.2) is 0 Å². The largest absolute Gasteiger partial charge is 0.381 e. The molecule has 0 aromatic carbocycles. The Morgan fingerprint density at radius 3 is 3.06 bits per heavy atom. The molecule has 1 aliphatic rings. The highest BCUT2D eigenvalue weighted by atomic mass is 16.5. The van der Waals surface area contributed by atoms with E-state index in [9.17, 15) is 0 Å². The highest BCUT2D eigenvalue weighted by molar-refractivity contribution is 4.93. The topological polar surface area (TPSA) is 60.2 Å². The third-order valence-electron chi connectivity index (χ3n) is 3.03. The van der Waals surface area contributed by atoms with Crippen LogP contribution < -0.4 is 5.32 Å². The Balaban J connectivity index is 1.95. The predicted molar refractivity (Wildman–Crippen MR) is 59.0 cm³/mol. The highest BCUT2D eigenvalue weighted by Crippen LogP contribution is 2.19. The van der Waals surface area contributed by atoms with Crippen molar-refractivity contribution in [1.82, 2.24) is 15.5 Å². The van der Waals surface area contributed by atoms with E-state index < -0.39 is 0 Å². The molecule has 1 N–H and O–H groups in total. The molecule has 5 heteroatoms. The van der Waals surface area contributed by atoms with Crippen molar-refractivity contribution >= 4 is 0 Å². The van der Waals surface area contributed by atoms with Crippen molar-refractivity contribution in [1.29, 1.82) is 0 Å². The Labute approximate surface area is 95.6 Å². The Morgan fingerprint density at radius 2 is 2.44 bits per heavy atom. The van der Waals surface area contributed by atoms with E-state index in [0.29, 0.717) is 11.8 Å². The molecule has 0 bridgehead atoms. The normalized spacial score (nSPS) is 22.5. The van der Waals surface area contributed by atoms with Crippen LogP contribution in [-0.2, 0) is 11.2 Å². The predicted octanol–water partition coefficient (Wildman–Crippen LogP) is 1.32. The number of ether oxygens (including phenoxy) is 1. The molecule has 1 saturated heterocycles. The lowest BCUT2D eigenvalue weighted by Gasteiger charge is -2.06. The van der Waals surface area contributed by atoms with E-state index in [1.807, 2.05) is 7.05 Å². The molecule has 90 valence electrons. The van der Waals surface area contributed by atoms with Gasteiger partial charge in [0.05, 0.1) is 6.04 Å². The first kappa shape index (κ1) is 11.5. The van der Waals surface area contributed by atoms with Crippen LogP contribution in [0.5, 0.6) is 0 Å². The second-order valence-electron chi connectivity index (χ2n) is 4.23. The molecule has 0 amide bonds. The first-order valence-electron chi connectivity index (χ1n) is 5.91. The summed E-state index contributed by atoms with van der Waals surface area (Å²) in [6, 6.07) is 0.168. The van der Waals surface area contributed by atoms with Crippen LogP contribution in [0.4, 0.5) is 0 Å². The quantitative estimate of drug-likeness (QED) is 0.819. The summed E-state index contributed by atoms with van der Waals surface area (Å²) >= 11 is 0. The second kappa shape index (κ2) is 5.41. The fourth-order valence-electron chi connectivity index (χ4n) is 2.00. The molecule has 2 unspecified atom stereocenters. The molecule has 1 fully saturated rings. The summed E-state index contributed by atoms with van der Waals surface area (Å²) in [5.74, 6) is 2.05. The summed E-state index contributed by atoms with van der Waals surface area (Å²) in [4.78, 5) is 4.42. The minimum atomic E-state index is 0.168. The second-order valence-corrected chi connectivity index (χ2v) is 4.23. The van der Waals surface area contributed by atoms with Crippen LogP contribution in [0.2, 0.25) is 0 Å². The number of hydrogen-bond acceptors (Lipinski definition) is 5. The molecule has 2 heterocycles. The first-order chi connectivity index (χ1) is 7.83. The van der Waals surface area contributed by atoms with Gasteiger partial charge in [0.2, 0.25) is 5.89 Å². The SMILES string of the molecule is CCC(NC)c1nc(CC2CCOC2)no1. The van der Waals surface area contributed by atoms with Crippen molar-refractivity contribution in [2.45, 2.75) is 32.2 Å². The van der Waals surface area contributed by atoms with Crippen LogP contribution in [0.1, 0.15) is 37.5 Å². The van der Waals surface area contributed by atoms with Gasteiger partial charge in [0.25, 0.3) is 0 Å². The third kappa shape index (κ3) is 2.59. The van der Waals surface area contributed by atoms with Gasteiger partial charge in [-0.3, -0.25) is 0 Å². The maximum Gasteiger partial charge on any atom is 0.243 e. The van der Waals surface area contributed by atoms with Crippen LogP contribution in [0.25, 0.3) is 0 Å². The minimum Gasteiger partial charge on any atom is -0.381 e. The van der Waals surface area contributed by atoms with Gasteiger partial charge in [0, 0.05) is 19.6 Å². The molecule has 1 aromatic rings. The number of hydrogen-bond donors (Lipinski definition) is 1. The molecule has 2 rings (SSSR count). The lowest BCUT2D eigenvalue weighted by Crippen LogP contribution is -2.15. The molecule has 16 heavy (non-hydrogen) atoms. The van der Waals surface area contributed by atoms with Gasteiger partial charge in [-0.05, 0) is 25.8 Å². The maximum atomic E-state index is 5.33. The van der Waals surface area contributed by atoms with Crippen molar-refractivity contribution in [2.24, 2.45) is 5.92 Å². The zero-order valence-corrected chi connectivity index (χ0v) is 9.90. The average Bonchev–Trinajstić information content (AvgIpc) is 2.93. The average molecular weight is 225 g/mol. The Bertz CT molecular complexity index is 317. The van der Waals surface area contributed by atoms with Crippen LogP contribution in [0, 0.1) is 5.92 Å². The Morgan fingerprint density at radius 1 is 1.56 bits per heavy atom. The number of rotatable bonds is 5. The Hall–Kier alpha value is -0.940. The van der Waals surface area contributed by atoms with Crippen molar-refractivity contribution in [3.8, 4) is 0 Å². The first-order valence-corrected chi connectivity index (χ1v) is 5.91. The van der Waals surface area contributed by atoms with Gasteiger partial charge >= 0.3 is 0 Å². The minimum absolute atomic E-state index is 0.168.